The van der Waals surface area contributed by atoms with Gasteiger partial charge >= 0.3 is 0 Å². The maximum atomic E-state index is 9.00. The Morgan fingerprint density at radius 2 is 1.69 bits per heavy atom. The van der Waals surface area contributed by atoms with Crippen molar-refractivity contribution in [1.29, 1.82) is 0 Å². The van der Waals surface area contributed by atoms with Crippen LogP contribution in [-0.4, -0.2) is 34.0 Å². The van der Waals surface area contributed by atoms with E-state index in [2.05, 4.69) is 4.90 Å². The van der Waals surface area contributed by atoms with Crippen LogP contribution in [0.2, 0.25) is 0 Å². The minimum absolute atomic E-state index is 0.287. The van der Waals surface area contributed by atoms with E-state index in [0.717, 1.165) is 20.0 Å². The lowest BCUT2D eigenvalue weighted by Gasteiger charge is -2.26. The van der Waals surface area contributed by atoms with Crippen LogP contribution >= 0.6 is 23.2 Å². The van der Waals surface area contributed by atoms with Crippen LogP contribution < -0.4 is 0 Å². The molecule has 0 spiro atoms. The second-order valence-electron chi connectivity index (χ2n) is 2.89. The summed E-state index contributed by atoms with van der Waals surface area (Å²) in [5, 5.41) is 7.42. The van der Waals surface area contributed by atoms with Crippen LogP contribution in [0.3, 0.4) is 0 Å². The van der Waals surface area contributed by atoms with Gasteiger partial charge in [-0.1, -0.05) is 29.6 Å². The molecule has 1 rings (SSSR count). The number of likely N-dealkylation sites (tertiary alicyclic amines) is 1. The van der Waals surface area contributed by atoms with Crippen LogP contribution in [0, 0.1) is 0 Å². The van der Waals surface area contributed by atoms with Crippen molar-refractivity contribution >= 4 is 29.2 Å². The number of piperidine rings is 1. The van der Waals surface area contributed by atoms with Crippen LogP contribution in [0.4, 0.5) is 0 Å². The monoisotopic (exact) mass is 227 g/mol. The molecule has 1 heterocycles. The third kappa shape index (κ3) is 8.34. The van der Waals surface area contributed by atoms with Gasteiger partial charge in [0, 0.05) is 20.0 Å². The summed E-state index contributed by atoms with van der Waals surface area (Å²) in [6.07, 6.45) is 3.82. The molecule has 78 valence electrons. The highest BCUT2D eigenvalue weighted by Crippen LogP contribution is 2.16. The summed E-state index contributed by atoms with van der Waals surface area (Å²) in [4.78, 5) is 10.8. The molecule has 0 amide bonds. The van der Waals surface area contributed by atoms with E-state index in [9.17, 15) is 0 Å². The Hall–Kier alpha value is 0.01000. The van der Waals surface area contributed by atoms with E-state index in [-0.39, 0.29) is 4.96 Å². The van der Waals surface area contributed by atoms with Crippen LogP contribution in [0.25, 0.3) is 0 Å². The third-order valence-corrected chi connectivity index (χ3v) is 2.22. The van der Waals surface area contributed by atoms with Crippen molar-refractivity contribution in [1.82, 2.24) is 4.90 Å². The van der Waals surface area contributed by atoms with Gasteiger partial charge in [-0.2, -0.15) is 0 Å². The van der Waals surface area contributed by atoms with E-state index in [1.807, 2.05) is 0 Å². The summed E-state index contributed by atoms with van der Waals surface area (Å²) in [7, 11) is 0. The lowest BCUT2D eigenvalue weighted by molar-refractivity contribution is -0.134. The molecule has 0 unspecified atom stereocenters. The van der Waals surface area contributed by atoms with Crippen molar-refractivity contribution in [3.8, 4) is 0 Å². The van der Waals surface area contributed by atoms with Gasteiger partial charge in [0.25, 0.3) is 5.97 Å². The van der Waals surface area contributed by atoms with Crippen molar-refractivity contribution in [3.05, 3.63) is 0 Å². The van der Waals surface area contributed by atoms with E-state index in [4.69, 9.17) is 33.1 Å². The van der Waals surface area contributed by atoms with Crippen LogP contribution in [0.15, 0.2) is 0 Å². The molecule has 0 aliphatic carbocycles. The number of nitrogens with zero attached hydrogens (tertiary/aromatic N) is 1. The number of carboxylic acid groups (broad SMARTS) is 1. The van der Waals surface area contributed by atoms with Crippen LogP contribution in [-0.2, 0) is 4.79 Å². The van der Waals surface area contributed by atoms with Crippen LogP contribution in [0.1, 0.15) is 26.2 Å². The summed E-state index contributed by atoms with van der Waals surface area (Å²) in [6.45, 7) is 3.22. The summed E-state index contributed by atoms with van der Waals surface area (Å²) in [5.41, 5.74) is 0. The maximum Gasteiger partial charge on any atom is 0.300 e. The first-order chi connectivity index (χ1) is 6.04. The average Bonchev–Trinajstić information content (AvgIpc) is 2.05. The lowest BCUT2D eigenvalue weighted by atomic mass is 10.1. The summed E-state index contributed by atoms with van der Waals surface area (Å²) >= 11 is 11.3. The number of hydrogen-bond acceptors (Lipinski definition) is 2. The Bertz CT molecular complexity index is 143. The summed E-state index contributed by atoms with van der Waals surface area (Å²) in [5.74, 6) is -0.833. The smallest absolute Gasteiger partial charge is 0.300 e. The minimum atomic E-state index is -0.833. The van der Waals surface area contributed by atoms with Gasteiger partial charge in [-0.15, -0.1) is 0 Å². The van der Waals surface area contributed by atoms with Crippen molar-refractivity contribution in [2.24, 2.45) is 0 Å². The predicted octanol–water partition coefficient (Wildman–Crippen LogP) is 2.32. The first-order valence-corrected chi connectivity index (χ1v) is 5.13. The zero-order chi connectivity index (χ0) is 10.3. The number of halogens is 2. The van der Waals surface area contributed by atoms with Gasteiger partial charge in [-0.05, 0) is 12.8 Å². The fraction of sp³-hybridized carbons (Fsp3) is 0.875. The van der Waals surface area contributed by atoms with Crippen molar-refractivity contribution in [2.75, 3.05) is 13.1 Å². The zero-order valence-corrected chi connectivity index (χ0v) is 9.18. The van der Waals surface area contributed by atoms with Crippen molar-refractivity contribution in [2.45, 2.75) is 31.1 Å². The average molecular weight is 228 g/mol. The number of hydrogen-bond donors (Lipinski definition) is 1. The van der Waals surface area contributed by atoms with E-state index >= 15 is 0 Å². The molecule has 0 radical (unpaired) electrons. The highest BCUT2D eigenvalue weighted by atomic mass is 35.5. The Kier molecular flexibility index (Phi) is 7.42. The molecule has 0 atom stereocenters. The van der Waals surface area contributed by atoms with Gasteiger partial charge in [0.1, 0.15) is 0 Å². The van der Waals surface area contributed by atoms with Gasteiger partial charge in [0.15, 0.2) is 4.96 Å². The van der Waals surface area contributed by atoms with Gasteiger partial charge < -0.3 is 5.11 Å². The standard InChI is InChI=1S/C6H11Cl2N.C2H4O2/c7-6(8)9-4-2-1-3-5-9;1-2(3)4/h6H,1-5H2;1H3,(H,3,4). The molecule has 0 bridgehead atoms. The molecule has 1 N–H and O–H groups in total. The minimum Gasteiger partial charge on any atom is -0.481 e. The number of rotatable bonds is 1. The largest absolute Gasteiger partial charge is 0.481 e. The number of aliphatic carboxylic acids is 1. The van der Waals surface area contributed by atoms with E-state index in [1.165, 1.54) is 19.3 Å². The molecule has 5 heteroatoms. The van der Waals surface area contributed by atoms with Crippen LogP contribution in [0.5, 0.6) is 0 Å². The second-order valence-corrected chi connectivity index (χ2v) is 3.94. The Balaban J connectivity index is 0.000000310. The van der Waals surface area contributed by atoms with Crippen molar-refractivity contribution in [3.63, 3.8) is 0 Å². The topological polar surface area (TPSA) is 40.5 Å². The van der Waals surface area contributed by atoms with Gasteiger partial charge in [0.05, 0.1) is 0 Å². The zero-order valence-electron chi connectivity index (χ0n) is 7.67. The fourth-order valence-corrected chi connectivity index (χ4v) is 1.50. The molecule has 1 saturated heterocycles. The molecular formula is C8H15Cl2NO2. The summed E-state index contributed by atoms with van der Waals surface area (Å²) < 4.78 is 0. The highest BCUT2D eigenvalue weighted by Gasteiger charge is 2.14. The van der Waals surface area contributed by atoms with Gasteiger partial charge in [0.2, 0.25) is 0 Å². The molecule has 13 heavy (non-hydrogen) atoms. The Morgan fingerprint density at radius 1 is 1.31 bits per heavy atom. The molecule has 0 aromatic rings. The van der Waals surface area contributed by atoms with Crippen molar-refractivity contribution < 1.29 is 9.90 Å². The van der Waals surface area contributed by atoms with E-state index in [0.29, 0.717) is 0 Å². The SMILES string of the molecule is CC(=O)O.ClC(Cl)N1CCCCC1. The quantitative estimate of drug-likeness (QED) is 0.553. The number of carboxylic acids is 1. The Morgan fingerprint density at radius 3 is 1.92 bits per heavy atom. The maximum absolute atomic E-state index is 9.00. The fourth-order valence-electron chi connectivity index (χ4n) is 1.11. The molecule has 3 nitrogen and oxygen atoms in total. The summed E-state index contributed by atoms with van der Waals surface area (Å²) in [6, 6.07) is 0. The number of alkyl halides is 2. The van der Waals surface area contributed by atoms with E-state index in [1.54, 1.807) is 0 Å². The number of carbonyl (C=O) groups is 1. The first kappa shape index (κ1) is 13.0. The first-order valence-electron chi connectivity index (χ1n) is 4.25. The molecular weight excluding hydrogens is 213 g/mol. The molecule has 1 aliphatic rings. The molecule has 0 saturated carbocycles. The highest BCUT2D eigenvalue weighted by molar-refractivity contribution is 6.43. The van der Waals surface area contributed by atoms with Gasteiger partial charge in [-0.3, -0.25) is 9.69 Å². The molecule has 1 aliphatic heterocycles. The lowest BCUT2D eigenvalue weighted by Crippen LogP contribution is -2.32. The molecule has 0 aromatic carbocycles. The predicted molar refractivity (Wildman–Crippen MR) is 54.2 cm³/mol. The third-order valence-electron chi connectivity index (χ3n) is 1.67. The molecule has 1 fully saturated rings. The molecule has 0 aromatic heterocycles. The van der Waals surface area contributed by atoms with E-state index < -0.39 is 5.97 Å². The Labute approximate surface area is 88.6 Å². The normalized spacial score (nSPS) is 17.8. The van der Waals surface area contributed by atoms with Gasteiger partial charge in [-0.25, -0.2) is 0 Å². The second kappa shape index (κ2) is 7.42.